The Hall–Kier alpha value is -3.56. The minimum absolute atomic E-state index is 0.0138. The molecule has 2 aromatic carbocycles. The molecular formula is C25H23ClN2O6S. The molecule has 0 unspecified atom stereocenters. The Balaban J connectivity index is 1.99. The van der Waals surface area contributed by atoms with Gasteiger partial charge in [-0.2, -0.15) is 0 Å². The number of phenols is 1. The number of ether oxygens (including phenoxy) is 3. The van der Waals surface area contributed by atoms with E-state index in [9.17, 15) is 14.7 Å². The summed E-state index contributed by atoms with van der Waals surface area (Å²) in [6, 6.07) is 8.98. The number of thiazole rings is 1. The Labute approximate surface area is 210 Å². The summed E-state index contributed by atoms with van der Waals surface area (Å²) in [5.74, 6) is 0.391. The first-order chi connectivity index (χ1) is 16.8. The number of rotatable bonds is 6. The molecule has 0 fully saturated rings. The van der Waals surface area contributed by atoms with E-state index >= 15 is 0 Å². The summed E-state index contributed by atoms with van der Waals surface area (Å²) in [6.07, 6.45) is 1.56. The molecular weight excluding hydrogens is 492 g/mol. The van der Waals surface area contributed by atoms with Crippen molar-refractivity contribution in [1.82, 2.24) is 4.57 Å². The van der Waals surface area contributed by atoms with E-state index in [2.05, 4.69) is 4.99 Å². The van der Waals surface area contributed by atoms with E-state index in [1.165, 1.54) is 24.9 Å². The van der Waals surface area contributed by atoms with Crippen molar-refractivity contribution in [2.45, 2.75) is 19.9 Å². The van der Waals surface area contributed by atoms with Crippen LogP contribution < -0.4 is 24.4 Å². The van der Waals surface area contributed by atoms with Crippen LogP contribution in [0.5, 0.6) is 17.2 Å². The van der Waals surface area contributed by atoms with Crippen LogP contribution in [0.2, 0.25) is 5.02 Å². The van der Waals surface area contributed by atoms with Crippen molar-refractivity contribution in [3.05, 3.63) is 83.5 Å². The van der Waals surface area contributed by atoms with Crippen molar-refractivity contribution in [2.24, 2.45) is 4.99 Å². The summed E-state index contributed by atoms with van der Waals surface area (Å²) in [6.45, 7) is 3.60. The van der Waals surface area contributed by atoms with Crippen LogP contribution in [0.25, 0.3) is 6.08 Å². The molecule has 182 valence electrons. The van der Waals surface area contributed by atoms with Gasteiger partial charge in [0, 0.05) is 10.6 Å². The highest BCUT2D eigenvalue weighted by atomic mass is 35.5. The van der Waals surface area contributed by atoms with Crippen molar-refractivity contribution in [1.29, 1.82) is 0 Å². The standard InChI is InChI=1S/C25H23ClN2O6S/c1-5-34-24(31)21-13(2)27-25-28(22(21)14-6-9-18(32-3)19(11-14)33-4)23(30)20(35-25)12-15-10-16(26)7-8-17(15)29/h6-12,22,29H,5H2,1-4H3/t22-/m0/s1. The number of carbonyl (C=O) groups excluding carboxylic acids is 1. The molecule has 4 rings (SSSR count). The van der Waals surface area contributed by atoms with Crippen molar-refractivity contribution < 1.29 is 24.1 Å². The number of esters is 1. The quantitative estimate of drug-likeness (QED) is 0.507. The summed E-state index contributed by atoms with van der Waals surface area (Å²) in [5.41, 5.74) is 1.34. The van der Waals surface area contributed by atoms with Gasteiger partial charge in [0.25, 0.3) is 5.56 Å². The number of allylic oxidation sites excluding steroid dienone is 1. The summed E-state index contributed by atoms with van der Waals surface area (Å²) in [5, 5.41) is 10.7. The van der Waals surface area contributed by atoms with E-state index in [1.807, 2.05) is 0 Å². The number of aromatic nitrogens is 1. The highest BCUT2D eigenvalue weighted by molar-refractivity contribution is 7.07. The largest absolute Gasteiger partial charge is 0.507 e. The van der Waals surface area contributed by atoms with Gasteiger partial charge in [-0.1, -0.05) is 29.0 Å². The number of aromatic hydroxyl groups is 1. The van der Waals surface area contributed by atoms with Gasteiger partial charge in [0.05, 0.1) is 42.7 Å². The molecule has 0 spiro atoms. The normalized spacial score (nSPS) is 15.5. The molecule has 35 heavy (non-hydrogen) atoms. The molecule has 8 nitrogen and oxygen atoms in total. The third-order valence-electron chi connectivity index (χ3n) is 5.52. The zero-order valence-electron chi connectivity index (χ0n) is 19.5. The first kappa shape index (κ1) is 24.6. The van der Waals surface area contributed by atoms with Crippen molar-refractivity contribution in [3.63, 3.8) is 0 Å². The fraction of sp³-hybridized carbons (Fsp3) is 0.240. The van der Waals surface area contributed by atoms with E-state index in [1.54, 1.807) is 50.3 Å². The number of nitrogens with zero attached hydrogens (tertiary/aromatic N) is 2. The second-order valence-corrected chi connectivity index (χ2v) is 9.07. The van der Waals surface area contributed by atoms with Gasteiger partial charge in [-0.3, -0.25) is 9.36 Å². The van der Waals surface area contributed by atoms with Gasteiger partial charge in [0.2, 0.25) is 0 Å². The monoisotopic (exact) mass is 514 g/mol. The molecule has 0 saturated heterocycles. The van der Waals surface area contributed by atoms with Gasteiger partial charge >= 0.3 is 5.97 Å². The highest BCUT2D eigenvalue weighted by Crippen LogP contribution is 2.36. The molecule has 0 aliphatic carbocycles. The van der Waals surface area contributed by atoms with Gasteiger partial charge in [-0.25, -0.2) is 9.79 Å². The number of halogens is 1. The molecule has 2 heterocycles. The molecule has 1 aromatic heterocycles. The van der Waals surface area contributed by atoms with Crippen LogP contribution in [0.4, 0.5) is 0 Å². The lowest BCUT2D eigenvalue weighted by Gasteiger charge is -2.25. The molecule has 3 aromatic rings. The maximum atomic E-state index is 13.6. The number of hydrogen-bond acceptors (Lipinski definition) is 8. The van der Waals surface area contributed by atoms with Crippen LogP contribution in [-0.4, -0.2) is 36.5 Å². The van der Waals surface area contributed by atoms with Gasteiger partial charge in [-0.15, -0.1) is 0 Å². The third-order valence-corrected chi connectivity index (χ3v) is 6.73. The first-order valence-corrected chi connectivity index (χ1v) is 11.9. The smallest absolute Gasteiger partial charge is 0.338 e. The molecule has 0 amide bonds. The van der Waals surface area contributed by atoms with Crippen LogP contribution >= 0.6 is 22.9 Å². The number of fused-ring (bicyclic) bond motifs is 1. The van der Waals surface area contributed by atoms with Crippen molar-refractivity contribution >= 4 is 35.0 Å². The fourth-order valence-corrected chi connectivity index (χ4v) is 5.13. The predicted octanol–water partition coefficient (Wildman–Crippen LogP) is 3.17. The fourth-order valence-electron chi connectivity index (χ4n) is 3.91. The molecule has 0 bridgehead atoms. The summed E-state index contributed by atoms with van der Waals surface area (Å²) in [4.78, 5) is 31.6. The van der Waals surface area contributed by atoms with Gasteiger partial charge < -0.3 is 19.3 Å². The zero-order chi connectivity index (χ0) is 25.3. The van der Waals surface area contributed by atoms with E-state index in [-0.39, 0.29) is 23.5 Å². The SMILES string of the molecule is CCOC(=O)C1=C(C)N=c2sc(=Cc3cc(Cl)ccc3O)c(=O)n2[C@H]1c1ccc(OC)c(OC)c1. The zero-order valence-corrected chi connectivity index (χ0v) is 21.1. The molecule has 1 atom stereocenters. The maximum absolute atomic E-state index is 13.6. The second-order valence-electron chi connectivity index (χ2n) is 7.62. The minimum atomic E-state index is -0.805. The number of benzene rings is 2. The lowest BCUT2D eigenvalue weighted by atomic mass is 9.95. The average Bonchev–Trinajstić information content (AvgIpc) is 3.14. The first-order valence-electron chi connectivity index (χ1n) is 10.7. The van der Waals surface area contributed by atoms with Gasteiger partial charge in [0.1, 0.15) is 5.75 Å². The third kappa shape index (κ3) is 4.56. The number of methoxy groups -OCH3 is 2. The maximum Gasteiger partial charge on any atom is 0.338 e. The van der Waals surface area contributed by atoms with Crippen molar-refractivity contribution in [3.8, 4) is 17.2 Å². The summed E-state index contributed by atoms with van der Waals surface area (Å²) >= 11 is 7.22. The number of carbonyl (C=O) groups is 1. The van der Waals surface area contributed by atoms with Crippen molar-refractivity contribution in [2.75, 3.05) is 20.8 Å². The Kier molecular flexibility index (Phi) is 7.00. The Morgan fingerprint density at radius 1 is 1.20 bits per heavy atom. The van der Waals surface area contributed by atoms with Gasteiger partial charge in [0.15, 0.2) is 16.3 Å². The molecule has 1 aliphatic rings. The predicted molar refractivity (Wildman–Crippen MR) is 133 cm³/mol. The molecule has 1 aliphatic heterocycles. The topological polar surface area (TPSA) is 99.4 Å². The number of hydrogen-bond donors (Lipinski definition) is 1. The minimum Gasteiger partial charge on any atom is -0.507 e. The van der Waals surface area contributed by atoms with E-state index in [0.29, 0.717) is 42.7 Å². The molecule has 10 heteroatoms. The molecule has 0 saturated carbocycles. The van der Waals surface area contributed by atoms with E-state index < -0.39 is 12.0 Å². The van der Waals surface area contributed by atoms with Crippen LogP contribution in [0.1, 0.15) is 31.0 Å². The summed E-state index contributed by atoms with van der Waals surface area (Å²) in [7, 11) is 3.04. The Morgan fingerprint density at radius 3 is 2.63 bits per heavy atom. The summed E-state index contributed by atoms with van der Waals surface area (Å²) < 4.78 is 17.9. The van der Waals surface area contributed by atoms with Crippen LogP contribution in [-0.2, 0) is 9.53 Å². The average molecular weight is 515 g/mol. The van der Waals surface area contributed by atoms with Gasteiger partial charge in [-0.05, 0) is 55.8 Å². The van der Waals surface area contributed by atoms with E-state index in [0.717, 1.165) is 11.3 Å². The van der Waals surface area contributed by atoms with Crippen LogP contribution in [0.15, 0.2) is 57.5 Å². The Bertz CT molecular complexity index is 1520. The van der Waals surface area contributed by atoms with Crippen LogP contribution in [0.3, 0.4) is 0 Å². The van der Waals surface area contributed by atoms with Crippen LogP contribution in [0, 0.1) is 0 Å². The van der Waals surface area contributed by atoms with E-state index in [4.69, 9.17) is 25.8 Å². The molecule has 1 N–H and O–H groups in total. The highest BCUT2D eigenvalue weighted by Gasteiger charge is 2.34. The Morgan fingerprint density at radius 2 is 1.94 bits per heavy atom. The second kappa shape index (κ2) is 9.97. The number of phenolic OH excluding ortho intramolecular Hbond substituents is 1. The molecule has 0 radical (unpaired) electrons. The lowest BCUT2D eigenvalue weighted by molar-refractivity contribution is -0.139. The lowest BCUT2D eigenvalue weighted by Crippen LogP contribution is -2.40.